The van der Waals surface area contributed by atoms with E-state index in [1.165, 1.54) is 11.0 Å². The van der Waals surface area contributed by atoms with Crippen molar-refractivity contribution in [3.8, 4) is 22.9 Å². The number of tetrazole rings is 1. The fourth-order valence-corrected chi connectivity index (χ4v) is 2.35. The lowest BCUT2D eigenvalue weighted by Crippen LogP contribution is -2.24. The fourth-order valence-electron chi connectivity index (χ4n) is 2.35. The minimum atomic E-state index is -0.362. The van der Waals surface area contributed by atoms with E-state index in [9.17, 15) is 4.79 Å². The van der Waals surface area contributed by atoms with E-state index in [1.54, 1.807) is 12.1 Å². The van der Waals surface area contributed by atoms with Gasteiger partial charge in [-0.05, 0) is 29.0 Å². The summed E-state index contributed by atoms with van der Waals surface area (Å²) in [7, 11) is 0. The highest BCUT2D eigenvalue weighted by atomic mass is 16.7. The van der Waals surface area contributed by atoms with Crippen LogP contribution in [0.15, 0.2) is 53.6 Å². The Morgan fingerprint density at radius 2 is 2.04 bits per heavy atom. The highest BCUT2D eigenvalue weighted by molar-refractivity contribution is 5.83. The molecule has 0 atom stereocenters. The third-order valence-electron chi connectivity index (χ3n) is 3.57. The number of rotatable bonds is 5. The molecule has 0 spiro atoms. The van der Waals surface area contributed by atoms with Crippen LogP contribution in [0.2, 0.25) is 0 Å². The van der Waals surface area contributed by atoms with Crippen LogP contribution in [0.3, 0.4) is 0 Å². The van der Waals surface area contributed by atoms with Gasteiger partial charge in [-0.25, -0.2) is 5.43 Å². The molecule has 0 aliphatic carbocycles. The number of hydrogen-bond acceptors (Lipinski definition) is 7. The Labute approximate surface area is 148 Å². The van der Waals surface area contributed by atoms with Crippen molar-refractivity contribution in [3.05, 3.63) is 54.1 Å². The molecule has 4 rings (SSSR count). The number of nitrogens with one attached hydrogen (secondary N) is 1. The van der Waals surface area contributed by atoms with Gasteiger partial charge in [0.25, 0.3) is 5.91 Å². The maximum absolute atomic E-state index is 11.9. The quantitative estimate of drug-likeness (QED) is 0.548. The summed E-state index contributed by atoms with van der Waals surface area (Å²) < 4.78 is 10.5. The van der Waals surface area contributed by atoms with Crippen molar-refractivity contribution < 1.29 is 14.3 Å². The number of hydrazone groups is 1. The molecule has 2 aromatic carbocycles. The number of benzene rings is 2. The number of carbonyl (C=O) groups is 1. The molecule has 130 valence electrons. The number of aromatic nitrogens is 4. The average Bonchev–Trinajstić information content (AvgIpc) is 3.31. The molecule has 1 aliphatic rings. The maximum atomic E-state index is 11.9. The van der Waals surface area contributed by atoms with Gasteiger partial charge in [-0.1, -0.05) is 30.3 Å². The maximum Gasteiger partial charge on any atom is 0.263 e. The van der Waals surface area contributed by atoms with E-state index in [0.717, 1.165) is 11.1 Å². The first kappa shape index (κ1) is 15.8. The van der Waals surface area contributed by atoms with E-state index in [-0.39, 0.29) is 19.2 Å². The van der Waals surface area contributed by atoms with E-state index in [4.69, 9.17) is 9.47 Å². The number of nitrogens with zero attached hydrogens (tertiary/aromatic N) is 5. The topological polar surface area (TPSA) is 104 Å². The van der Waals surface area contributed by atoms with Crippen LogP contribution in [0.1, 0.15) is 5.56 Å². The summed E-state index contributed by atoms with van der Waals surface area (Å²) in [6.45, 7) is 0.126. The van der Waals surface area contributed by atoms with Crippen LogP contribution in [-0.4, -0.2) is 39.1 Å². The zero-order valence-corrected chi connectivity index (χ0v) is 13.6. The lowest BCUT2D eigenvalue weighted by atomic mass is 10.2. The van der Waals surface area contributed by atoms with Gasteiger partial charge in [0.05, 0.1) is 6.21 Å². The normalized spacial score (nSPS) is 12.5. The number of ether oxygens (including phenoxy) is 2. The second-order valence-corrected chi connectivity index (χ2v) is 5.42. The minimum absolute atomic E-state index is 0.0850. The first-order valence-corrected chi connectivity index (χ1v) is 7.83. The number of fused-ring (bicyclic) bond motifs is 1. The highest BCUT2D eigenvalue weighted by Gasteiger charge is 2.12. The predicted molar refractivity (Wildman–Crippen MR) is 91.6 cm³/mol. The van der Waals surface area contributed by atoms with Crippen LogP contribution in [0.5, 0.6) is 11.5 Å². The Morgan fingerprint density at radius 1 is 1.19 bits per heavy atom. The largest absolute Gasteiger partial charge is 0.454 e. The smallest absolute Gasteiger partial charge is 0.263 e. The van der Waals surface area contributed by atoms with E-state index in [0.29, 0.717) is 17.3 Å². The Balaban J connectivity index is 1.34. The van der Waals surface area contributed by atoms with Gasteiger partial charge < -0.3 is 9.47 Å². The highest BCUT2D eigenvalue weighted by Crippen LogP contribution is 2.31. The van der Waals surface area contributed by atoms with E-state index in [1.807, 2.05) is 36.4 Å². The number of hydrogen-bond donors (Lipinski definition) is 1. The zero-order chi connectivity index (χ0) is 17.8. The van der Waals surface area contributed by atoms with E-state index in [2.05, 4.69) is 25.9 Å². The molecule has 1 aliphatic heterocycles. The van der Waals surface area contributed by atoms with Gasteiger partial charge in [0.1, 0.15) is 6.54 Å². The summed E-state index contributed by atoms with van der Waals surface area (Å²) in [5, 5.41) is 15.9. The summed E-state index contributed by atoms with van der Waals surface area (Å²) in [4.78, 5) is 13.2. The fraction of sp³-hybridized carbons (Fsp3) is 0.118. The van der Waals surface area contributed by atoms with Crippen molar-refractivity contribution in [2.24, 2.45) is 5.10 Å². The lowest BCUT2D eigenvalue weighted by Gasteiger charge is -1.99. The summed E-state index contributed by atoms with van der Waals surface area (Å²) >= 11 is 0. The third kappa shape index (κ3) is 3.51. The molecule has 9 nitrogen and oxygen atoms in total. The molecule has 2 heterocycles. The second kappa shape index (κ2) is 7.01. The van der Waals surface area contributed by atoms with Crippen molar-refractivity contribution in [3.63, 3.8) is 0 Å². The summed E-state index contributed by atoms with van der Waals surface area (Å²) in [5.74, 6) is 1.44. The van der Waals surface area contributed by atoms with Gasteiger partial charge in [0.2, 0.25) is 12.6 Å². The van der Waals surface area contributed by atoms with Gasteiger partial charge in [-0.15, -0.1) is 10.2 Å². The van der Waals surface area contributed by atoms with Gasteiger partial charge >= 0.3 is 0 Å². The van der Waals surface area contributed by atoms with Crippen LogP contribution >= 0.6 is 0 Å². The standard InChI is InChI=1S/C17H14N6O3/c24-16(10-23-21-17(20-22-23)13-4-2-1-3-5-13)19-18-9-12-6-7-14-15(8-12)26-11-25-14/h1-9H,10-11H2,(H,19,24). The zero-order valence-electron chi connectivity index (χ0n) is 13.6. The molecular formula is C17H14N6O3. The molecule has 3 aromatic rings. The van der Waals surface area contributed by atoms with Crippen molar-refractivity contribution >= 4 is 12.1 Å². The lowest BCUT2D eigenvalue weighted by molar-refractivity contribution is -0.122. The molecule has 1 aromatic heterocycles. The molecule has 1 N–H and O–H groups in total. The predicted octanol–water partition coefficient (Wildman–Crippen LogP) is 1.22. The molecule has 26 heavy (non-hydrogen) atoms. The first-order valence-electron chi connectivity index (χ1n) is 7.83. The first-order chi connectivity index (χ1) is 12.8. The van der Waals surface area contributed by atoms with Crippen LogP contribution in [0, 0.1) is 0 Å². The molecule has 9 heteroatoms. The van der Waals surface area contributed by atoms with Gasteiger partial charge in [-0.2, -0.15) is 9.90 Å². The summed E-state index contributed by atoms with van der Waals surface area (Å²) in [6, 6.07) is 14.8. The van der Waals surface area contributed by atoms with E-state index < -0.39 is 0 Å². The Morgan fingerprint density at radius 3 is 2.92 bits per heavy atom. The van der Waals surface area contributed by atoms with E-state index >= 15 is 0 Å². The number of carbonyl (C=O) groups excluding carboxylic acids is 1. The third-order valence-corrected chi connectivity index (χ3v) is 3.57. The molecule has 0 bridgehead atoms. The molecular weight excluding hydrogens is 336 g/mol. The van der Waals surface area contributed by atoms with Crippen LogP contribution in [0.25, 0.3) is 11.4 Å². The summed E-state index contributed by atoms with van der Waals surface area (Å²) in [6.07, 6.45) is 1.52. The van der Waals surface area contributed by atoms with Crippen molar-refractivity contribution in [1.29, 1.82) is 0 Å². The van der Waals surface area contributed by atoms with Crippen LogP contribution < -0.4 is 14.9 Å². The Bertz CT molecular complexity index is 954. The van der Waals surface area contributed by atoms with Gasteiger partial charge in [-0.3, -0.25) is 4.79 Å². The monoisotopic (exact) mass is 350 g/mol. The van der Waals surface area contributed by atoms with Crippen LogP contribution in [-0.2, 0) is 11.3 Å². The van der Waals surface area contributed by atoms with Gasteiger partial charge in [0, 0.05) is 5.56 Å². The SMILES string of the molecule is O=C(Cn1nnc(-c2ccccc2)n1)NN=Cc1ccc2c(c1)OCO2. The molecule has 1 amide bonds. The van der Waals surface area contributed by atoms with Crippen molar-refractivity contribution in [1.82, 2.24) is 25.6 Å². The molecule has 0 unspecified atom stereocenters. The Kier molecular flexibility index (Phi) is 4.25. The average molecular weight is 350 g/mol. The van der Waals surface area contributed by atoms with Crippen molar-refractivity contribution in [2.75, 3.05) is 6.79 Å². The Hall–Kier alpha value is -3.75. The van der Waals surface area contributed by atoms with Crippen LogP contribution in [0.4, 0.5) is 0 Å². The molecule has 0 fully saturated rings. The van der Waals surface area contributed by atoms with Gasteiger partial charge in [0.15, 0.2) is 11.5 Å². The summed E-state index contributed by atoms with van der Waals surface area (Å²) in [5.41, 5.74) is 4.04. The molecule has 0 radical (unpaired) electrons. The minimum Gasteiger partial charge on any atom is -0.454 e. The number of amides is 1. The molecule has 0 saturated carbocycles. The second-order valence-electron chi connectivity index (χ2n) is 5.42. The van der Waals surface area contributed by atoms with Crippen molar-refractivity contribution in [2.45, 2.75) is 6.54 Å². The molecule has 0 saturated heterocycles.